The van der Waals surface area contributed by atoms with Crippen LogP contribution in [0.3, 0.4) is 0 Å². The van der Waals surface area contributed by atoms with Gasteiger partial charge in [0.15, 0.2) is 0 Å². The highest BCUT2D eigenvalue weighted by atomic mass is 16.5. The molecule has 0 unspecified atom stereocenters. The fraction of sp³-hybridized carbons (Fsp3) is 0.318. The Bertz CT molecular complexity index is 935. The molecule has 2 heterocycles. The van der Waals surface area contributed by atoms with Crippen molar-refractivity contribution in [2.24, 2.45) is 5.10 Å². The first-order valence-corrected chi connectivity index (χ1v) is 9.38. The van der Waals surface area contributed by atoms with Crippen LogP contribution in [0, 0.1) is 0 Å². The summed E-state index contributed by atoms with van der Waals surface area (Å²) >= 11 is 0. The molecule has 0 fully saturated rings. The molecule has 2 aromatic carbocycles. The average Bonchev–Trinajstić information content (AvgIpc) is 3.15. The molecule has 0 amide bonds. The zero-order valence-electron chi connectivity index (χ0n) is 15.3. The van der Waals surface area contributed by atoms with Crippen molar-refractivity contribution in [3.8, 4) is 11.5 Å². The summed E-state index contributed by atoms with van der Waals surface area (Å²) in [6, 6.07) is 16.3. The summed E-state index contributed by atoms with van der Waals surface area (Å²) in [6.07, 6.45) is 5.03. The normalized spacial score (nSPS) is 26.0. The zero-order valence-corrected chi connectivity index (χ0v) is 15.3. The largest absolute Gasteiger partial charge is 0.512 e. The minimum absolute atomic E-state index is 0.106. The van der Waals surface area contributed by atoms with Crippen LogP contribution in [-0.4, -0.2) is 28.7 Å². The number of nitrogens with zero attached hydrogens (tertiary/aromatic N) is 2. The third-order valence-electron chi connectivity index (χ3n) is 5.65. The first kappa shape index (κ1) is 16.2. The summed E-state index contributed by atoms with van der Waals surface area (Å²) in [7, 11) is 1.67. The van der Waals surface area contributed by atoms with Gasteiger partial charge in [-0.1, -0.05) is 18.2 Å². The first-order valence-electron chi connectivity index (χ1n) is 9.38. The molecule has 0 radical (unpaired) electrons. The summed E-state index contributed by atoms with van der Waals surface area (Å²) in [5.74, 6) is 2.10. The van der Waals surface area contributed by atoms with Gasteiger partial charge in [-0.2, -0.15) is 5.10 Å². The fourth-order valence-electron chi connectivity index (χ4n) is 4.33. The molecule has 2 atom stereocenters. The second kappa shape index (κ2) is 6.05. The summed E-state index contributed by atoms with van der Waals surface area (Å²) in [5.41, 5.74) is 2.55. The molecule has 0 saturated heterocycles. The summed E-state index contributed by atoms with van der Waals surface area (Å²) in [5, 5.41) is 17.3. The molecule has 27 heavy (non-hydrogen) atoms. The van der Waals surface area contributed by atoms with Crippen LogP contribution in [0.5, 0.6) is 11.5 Å². The standard InChI is InChI=1S/C22H22N2O3/c1-26-17-10-8-15(9-11-17)19-13-20-18-6-2-3-7-21(18)27-22(24(20)23-19)12-4-5-16(25)14-22/h2-3,6-11,14,20,25H,4-5,12-13H2,1H3/t20-,22-/m0/s1. The molecule has 0 saturated carbocycles. The Morgan fingerprint density at radius 3 is 2.78 bits per heavy atom. The highest BCUT2D eigenvalue weighted by molar-refractivity contribution is 6.02. The first-order chi connectivity index (χ1) is 13.2. The fourth-order valence-corrected chi connectivity index (χ4v) is 4.33. The van der Waals surface area contributed by atoms with Crippen LogP contribution in [0.2, 0.25) is 0 Å². The number of methoxy groups -OCH3 is 1. The van der Waals surface area contributed by atoms with Gasteiger partial charge >= 0.3 is 0 Å². The van der Waals surface area contributed by atoms with E-state index in [0.29, 0.717) is 12.2 Å². The number of fused-ring (bicyclic) bond motifs is 4. The molecule has 5 nitrogen and oxygen atoms in total. The second-order valence-corrected chi connectivity index (χ2v) is 7.31. The van der Waals surface area contributed by atoms with E-state index in [4.69, 9.17) is 14.6 Å². The van der Waals surface area contributed by atoms with E-state index in [1.54, 1.807) is 7.11 Å². The maximum atomic E-state index is 10.2. The highest BCUT2D eigenvalue weighted by Crippen LogP contribution is 2.50. The summed E-state index contributed by atoms with van der Waals surface area (Å²) in [6.45, 7) is 0. The predicted octanol–water partition coefficient (Wildman–Crippen LogP) is 4.56. The molecular formula is C22H22N2O3. The number of para-hydroxylation sites is 1. The van der Waals surface area contributed by atoms with Gasteiger partial charge in [0.1, 0.15) is 11.5 Å². The molecule has 138 valence electrons. The predicted molar refractivity (Wildman–Crippen MR) is 103 cm³/mol. The van der Waals surface area contributed by atoms with Crippen LogP contribution in [0.25, 0.3) is 0 Å². The van der Waals surface area contributed by atoms with E-state index in [0.717, 1.165) is 47.6 Å². The molecule has 1 spiro atoms. The third kappa shape index (κ3) is 2.57. The number of hydrazone groups is 1. The molecule has 5 heteroatoms. The van der Waals surface area contributed by atoms with Crippen molar-refractivity contribution in [2.75, 3.05) is 7.11 Å². The Morgan fingerprint density at radius 1 is 1.19 bits per heavy atom. The van der Waals surface area contributed by atoms with Crippen LogP contribution in [-0.2, 0) is 0 Å². The SMILES string of the molecule is COc1ccc(C2=NN3[C@@H](C2)c2ccccc2O[C@@]32C=C(O)CCC2)cc1. The number of aliphatic hydroxyl groups excluding tert-OH is 1. The van der Waals surface area contributed by atoms with E-state index in [1.807, 2.05) is 48.5 Å². The van der Waals surface area contributed by atoms with E-state index >= 15 is 0 Å². The Morgan fingerprint density at radius 2 is 2.00 bits per heavy atom. The Labute approximate surface area is 158 Å². The number of benzene rings is 2. The molecule has 1 aliphatic carbocycles. The van der Waals surface area contributed by atoms with Crippen molar-refractivity contribution in [1.29, 1.82) is 0 Å². The van der Waals surface area contributed by atoms with Crippen molar-refractivity contribution >= 4 is 5.71 Å². The summed E-state index contributed by atoms with van der Waals surface area (Å²) in [4.78, 5) is 0. The lowest BCUT2D eigenvalue weighted by molar-refractivity contribution is -0.0944. The lowest BCUT2D eigenvalue weighted by atomic mass is 9.90. The molecule has 0 bridgehead atoms. The number of aliphatic hydroxyl groups is 1. The summed E-state index contributed by atoms with van der Waals surface area (Å²) < 4.78 is 11.7. The molecule has 2 aromatic rings. The maximum Gasteiger partial charge on any atom is 0.220 e. The third-order valence-corrected chi connectivity index (χ3v) is 5.65. The second-order valence-electron chi connectivity index (χ2n) is 7.31. The number of rotatable bonds is 2. The Hall–Kier alpha value is -2.95. The van der Waals surface area contributed by atoms with Gasteiger partial charge in [0.05, 0.1) is 24.6 Å². The van der Waals surface area contributed by atoms with Gasteiger partial charge in [-0.15, -0.1) is 0 Å². The van der Waals surface area contributed by atoms with Gasteiger partial charge in [-0.3, -0.25) is 0 Å². The van der Waals surface area contributed by atoms with Gasteiger partial charge in [0.25, 0.3) is 0 Å². The number of allylic oxidation sites excluding steroid dienone is 1. The molecule has 1 N–H and O–H groups in total. The van der Waals surface area contributed by atoms with E-state index < -0.39 is 5.72 Å². The molecule has 3 aliphatic rings. The molecular weight excluding hydrogens is 340 g/mol. The lowest BCUT2D eigenvalue weighted by Crippen LogP contribution is -2.53. The van der Waals surface area contributed by atoms with Crippen molar-refractivity contribution < 1.29 is 14.6 Å². The van der Waals surface area contributed by atoms with Crippen LogP contribution in [0.1, 0.15) is 42.9 Å². The Balaban J connectivity index is 1.60. The van der Waals surface area contributed by atoms with Crippen molar-refractivity contribution in [1.82, 2.24) is 5.01 Å². The van der Waals surface area contributed by atoms with Gasteiger partial charge in [-0.25, -0.2) is 5.01 Å². The van der Waals surface area contributed by atoms with E-state index in [2.05, 4.69) is 11.1 Å². The van der Waals surface area contributed by atoms with Crippen molar-refractivity contribution in [3.05, 3.63) is 71.5 Å². The monoisotopic (exact) mass is 362 g/mol. The number of hydrogen-bond acceptors (Lipinski definition) is 5. The minimum Gasteiger partial charge on any atom is -0.512 e. The van der Waals surface area contributed by atoms with Crippen LogP contribution < -0.4 is 9.47 Å². The van der Waals surface area contributed by atoms with Gasteiger partial charge in [0.2, 0.25) is 5.72 Å². The number of ether oxygens (including phenoxy) is 2. The maximum absolute atomic E-state index is 10.2. The van der Waals surface area contributed by atoms with Crippen molar-refractivity contribution in [3.63, 3.8) is 0 Å². The molecule has 2 aliphatic heterocycles. The number of hydrogen-bond donors (Lipinski definition) is 1. The average molecular weight is 362 g/mol. The molecule has 0 aromatic heterocycles. The zero-order chi connectivity index (χ0) is 18.4. The lowest BCUT2D eigenvalue weighted by Gasteiger charge is -2.47. The van der Waals surface area contributed by atoms with Gasteiger partial charge in [-0.05, 0) is 42.3 Å². The minimum atomic E-state index is -0.713. The quantitative estimate of drug-likeness (QED) is 0.851. The van der Waals surface area contributed by atoms with Crippen LogP contribution >= 0.6 is 0 Å². The van der Waals surface area contributed by atoms with Gasteiger partial charge in [0, 0.05) is 30.9 Å². The topological polar surface area (TPSA) is 54.3 Å². The van der Waals surface area contributed by atoms with Gasteiger partial charge < -0.3 is 14.6 Å². The molecule has 5 rings (SSSR count). The van der Waals surface area contributed by atoms with Crippen LogP contribution in [0.4, 0.5) is 0 Å². The van der Waals surface area contributed by atoms with E-state index in [-0.39, 0.29) is 6.04 Å². The van der Waals surface area contributed by atoms with Crippen LogP contribution in [0.15, 0.2) is 65.5 Å². The smallest absolute Gasteiger partial charge is 0.220 e. The van der Waals surface area contributed by atoms with E-state index in [1.165, 1.54) is 0 Å². The van der Waals surface area contributed by atoms with Crippen molar-refractivity contribution in [2.45, 2.75) is 37.5 Å². The van der Waals surface area contributed by atoms with E-state index in [9.17, 15) is 5.11 Å². The highest BCUT2D eigenvalue weighted by Gasteiger charge is 2.50. The Kier molecular flexibility index (Phi) is 3.64.